The van der Waals surface area contributed by atoms with Crippen LogP contribution in [-0.2, 0) is 4.79 Å². The van der Waals surface area contributed by atoms with Gasteiger partial charge < -0.3 is 4.90 Å². The van der Waals surface area contributed by atoms with Crippen molar-refractivity contribution in [3.05, 3.63) is 21.9 Å². The van der Waals surface area contributed by atoms with E-state index in [1.807, 2.05) is 13.0 Å². The van der Waals surface area contributed by atoms with Crippen LogP contribution in [0.1, 0.15) is 28.8 Å². The number of nitrogens with one attached hydrogen (secondary N) is 1. The van der Waals surface area contributed by atoms with E-state index < -0.39 is 30.3 Å². The molecule has 1 aliphatic heterocycles. The van der Waals surface area contributed by atoms with E-state index in [0.29, 0.717) is 12.8 Å². The van der Waals surface area contributed by atoms with Crippen LogP contribution in [0.15, 0.2) is 12.1 Å². The number of hydrogen-bond acceptors (Lipinski definition) is 3. The fourth-order valence-corrected chi connectivity index (χ4v) is 3.40. The summed E-state index contributed by atoms with van der Waals surface area (Å²) in [5, 5.41) is 3.08. The van der Waals surface area contributed by atoms with Gasteiger partial charge >= 0.3 is 6.18 Å². The number of nitrogens with zero attached hydrogens (tertiary/aromatic N) is 1. The Balaban J connectivity index is 1.90. The first kappa shape index (κ1) is 12.9. The molecule has 1 N–H and O–H groups in total. The smallest absolute Gasteiger partial charge is 0.311 e. The number of alkyl halides is 3. The first-order chi connectivity index (χ1) is 8.81. The van der Waals surface area contributed by atoms with Gasteiger partial charge in [0.05, 0.1) is 0 Å². The predicted octanol–water partition coefficient (Wildman–Crippen LogP) is 2.58. The van der Waals surface area contributed by atoms with E-state index in [1.165, 1.54) is 11.3 Å². The molecule has 1 unspecified atom stereocenters. The van der Waals surface area contributed by atoms with Crippen LogP contribution < -0.4 is 5.32 Å². The third-order valence-electron chi connectivity index (χ3n) is 3.53. The topological polar surface area (TPSA) is 32.3 Å². The molecule has 2 fully saturated rings. The van der Waals surface area contributed by atoms with E-state index in [9.17, 15) is 18.0 Å². The largest absolute Gasteiger partial charge is 0.406 e. The molecule has 1 saturated heterocycles. The first-order valence-electron chi connectivity index (χ1n) is 6.03. The van der Waals surface area contributed by atoms with Crippen molar-refractivity contribution in [2.45, 2.75) is 37.6 Å². The Hall–Kier alpha value is -1.08. The lowest BCUT2D eigenvalue weighted by Gasteiger charge is -2.24. The Bertz CT molecular complexity index is 521. The lowest BCUT2D eigenvalue weighted by Crippen LogP contribution is -2.39. The second-order valence-electron chi connectivity index (χ2n) is 5.13. The average molecular weight is 290 g/mol. The monoisotopic (exact) mass is 290 g/mol. The van der Waals surface area contributed by atoms with Gasteiger partial charge in [0.1, 0.15) is 18.2 Å². The molecule has 1 spiro atoms. The highest BCUT2D eigenvalue weighted by atomic mass is 32.1. The maximum atomic E-state index is 12.6. The summed E-state index contributed by atoms with van der Waals surface area (Å²) in [6.45, 7) is 0.703. The first-order valence-corrected chi connectivity index (χ1v) is 6.84. The molecule has 104 valence electrons. The third kappa shape index (κ3) is 2.25. The molecule has 19 heavy (non-hydrogen) atoms. The van der Waals surface area contributed by atoms with Crippen LogP contribution in [0.4, 0.5) is 13.2 Å². The molecule has 1 aromatic heterocycles. The quantitative estimate of drug-likeness (QED) is 0.908. The van der Waals surface area contributed by atoms with Gasteiger partial charge in [-0.15, -0.1) is 11.3 Å². The Morgan fingerprint density at radius 3 is 2.63 bits per heavy atom. The summed E-state index contributed by atoms with van der Waals surface area (Å²) >= 11 is 1.42. The SMILES string of the molecule is Cc1ccc(C2NC3(CC3)C(=O)N2CC(F)(F)F)s1. The van der Waals surface area contributed by atoms with E-state index in [0.717, 1.165) is 14.7 Å². The van der Waals surface area contributed by atoms with E-state index in [4.69, 9.17) is 0 Å². The van der Waals surface area contributed by atoms with Crippen molar-refractivity contribution in [3.63, 3.8) is 0 Å². The minimum atomic E-state index is -4.37. The lowest BCUT2D eigenvalue weighted by atomic mass is 10.3. The van der Waals surface area contributed by atoms with Crippen LogP contribution in [0, 0.1) is 6.92 Å². The second-order valence-corrected chi connectivity index (χ2v) is 6.45. The number of rotatable bonds is 2. The summed E-state index contributed by atoms with van der Waals surface area (Å²) in [7, 11) is 0. The van der Waals surface area contributed by atoms with Crippen molar-refractivity contribution in [2.24, 2.45) is 0 Å². The van der Waals surface area contributed by atoms with Gasteiger partial charge in [-0.05, 0) is 31.9 Å². The summed E-state index contributed by atoms with van der Waals surface area (Å²) in [5.74, 6) is -0.416. The molecule has 1 amide bonds. The van der Waals surface area contributed by atoms with Gasteiger partial charge in [-0.3, -0.25) is 10.1 Å². The molecule has 1 aliphatic carbocycles. The molecule has 1 atom stereocenters. The van der Waals surface area contributed by atoms with Gasteiger partial charge in [0, 0.05) is 9.75 Å². The van der Waals surface area contributed by atoms with E-state index >= 15 is 0 Å². The van der Waals surface area contributed by atoms with Crippen molar-refractivity contribution in [3.8, 4) is 0 Å². The molecule has 3 rings (SSSR count). The number of amides is 1. The summed E-state index contributed by atoms with van der Waals surface area (Å²) in [6, 6.07) is 3.64. The van der Waals surface area contributed by atoms with Gasteiger partial charge in [0.15, 0.2) is 0 Å². The van der Waals surface area contributed by atoms with Crippen LogP contribution in [0.25, 0.3) is 0 Å². The Kier molecular flexibility index (Phi) is 2.69. The van der Waals surface area contributed by atoms with Gasteiger partial charge in [-0.2, -0.15) is 13.2 Å². The zero-order valence-corrected chi connectivity index (χ0v) is 11.1. The predicted molar refractivity (Wildman–Crippen MR) is 64.7 cm³/mol. The average Bonchev–Trinajstić information content (AvgIpc) is 2.89. The molecule has 2 aliphatic rings. The fourth-order valence-electron chi connectivity index (χ4n) is 2.46. The summed E-state index contributed by atoms with van der Waals surface area (Å²) < 4.78 is 37.9. The van der Waals surface area contributed by atoms with Crippen LogP contribution in [-0.4, -0.2) is 29.1 Å². The Morgan fingerprint density at radius 2 is 2.16 bits per heavy atom. The Labute approximate surface area is 112 Å². The van der Waals surface area contributed by atoms with Gasteiger partial charge in [0.25, 0.3) is 0 Å². The highest BCUT2D eigenvalue weighted by Crippen LogP contribution is 2.47. The zero-order valence-electron chi connectivity index (χ0n) is 10.3. The van der Waals surface area contributed by atoms with Crippen LogP contribution in [0.5, 0.6) is 0 Å². The van der Waals surface area contributed by atoms with Gasteiger partial charge in [0.2, 0.25) is 5.91 Å². The molecule has 0 bridgehead atoms. The molecule has 0 aromatic carbocycles. The van der Waals surface area contributed by atoms with Gasteiger partial charge in [-0.1, -0.05) is 0 Å². The van der Waals surface area contributed by atoms with Gasteiger partial charge in [-0.25, -0.2) is 0 Å². The van der Waals surface area contributed by atoms with Crippen molar-refractivity contribution < 1.29 is 18.0 Å². The molecule has 2 heterocycles. The maximum absolute atomic E-state index is 12.6. The molecule has 1 aromatic rings. The van der Waals surface area contributed by atoms with Crippen molar-refractivity contribution in [1.29, 1.82) is 0 Å². The van der Waals surface area contributed by atoms with Crippen LogP contribution >= 0.6 is 11.3 Å². The standard InChI is InChI=1S/C12H13F3N2OS/c1-7-2-3-8(19-7)9-16-11(4-5-11)10(18)17(9)6-12(13,14)15/h2-3,9,16H,4-6H2,1H3. The van der Waals surface area contributed by atoms with Crippen molar-refractivity contribution in [1.82, 2.24) is 10.2 Å². The second kappa shape index (κ2) is 3.96. The van der Waals surface area contributed by atoms with Crippen LogP contribution in [0.2, 0.25) is 0 Å². The fraction of sp³-hybridized carbons (Fsp3) is 0.583. The lowest BCUT2D eigenvalue weighted by molar-refractivity contribution is -0.161. The molecule has 1 saturated carbocycles. The molecular formula is C12H13F3N2OS. The summed E-state index contributed by atoms with van der Waals surface area (Å²) in [5.41, 5.74) is -0.728. The number of hydrogen-bond donors (Lipinski definition) is 1. The Morgan fingerprint density at radius 1 is 1.47 bits per heavy atom. The summed E-state index contributed by atoms with van der Waals surface area (Å²) in [6.07, 6.45) is -3.76. The molecule has 7 heteroatoms. The van der Waals surface area contributed by atoms with E-state index in [2.05, 4.69) is 5.32 Å². The number of halogens is 3. The molecular weight excluding hydrogens is 277 g/mol. The van der Waals surface area contributed by atoms with E-state index in [-0.39, 0.29) is 0 Å². The molecule has 3 nitrogen and oxygen atoms in total. The number of carbonyl (C=O) groups is 1. The van der Waals surface area contributed by atoms with E-state index in [1.54, 1.807) is 6.07 Å². The minimum Gasteiger partial charge on any atom is -0.311 e. The number of aryl methyl sites for hydroxylation is 1. The zero-order chi connectivity index (χ0) is 13.8. The highest BCUT2D eigenvalue weighted by Gasteiger charge is 2.60. The number of thiophene rings is 1. The highest BCUT2D eigenvalue weighted by molar-refractivity contribution is 7.12. The van der Waals surface area contributed by atoms with Crippen LogP contribution in [0.3, 0.4) is 0 Å². The number of carbonyl (C=O) groups excluding carboxylic acids is 1. The summed E-state index contributed by atoms with van der Waals surface area (Å²) in [4.78, 5) is 14.8. The molecule has 0 radical (unpaired) electrons. The normalized spacial score (nSPS) is 25.4. The minimum absolute atomic E-state index is 0.416. The van der Waals surface area contributed by atoms with Crippen molar-refractivity contribution in [2.75, 3.05) is 6.54 Å². The maximum Gasteiger partial charge on any atom is 0.406 e. The van der Waals surface area contributed by atoms with Crippen molar-refractivity contribution >= 4 is 17.2 Å². The third-order valence-corrected chi connectivity index (χ3v) is 4.58.